The Labute approximate surface area is 163 Å². The second-order valence-corrected chi connectivity index (χ2v) is 7.30. The van der Waals surface area contributed by atoms with Gasteiger partial charge in [-0.2, -0.15) is 0 Å². The second-order valence-electron chi connectivity index (χ2n) is 6.49. The van der Waals surface area contributed by atoms with Gasteiger partial charge >= 0.3 is 0 Å². The number of fused-ring (bicyclic) bond motifs is 1. The first kappa shape index (κ1) is 19.0. The smallest absolute Gasteiger partial charge is 0.207 e. The van der Waals surface area contributed by atoms with E-state index in [4.69, 9.17) is 33.7 Å². The largest absolute Gasteiger partial charge is 0.492 e. The summed E-state index contributed by atoms with van der Waals surface area (Å²) in [5.41, 5.74) is 9.12. The number of hydrogen-bond acceptors (Lipinski definition) is 3. The van der Waals surface area contributed by atoms with E-state index in [1.165, 1.54) is 11.1 Å². The van der Waals surface area contributed by atoms with Gasteiger partial charge in [-0.15, -0.1) is 0 Å². The van der Waals surface area contributed by atoms with Crippen molar-refractivity contribution in [3.63, 3.8) is 0 Å². The van der Waals surface area contributed by atoms with Gasteiger partial charge in [-0.05, 0) is 60.2 Å². The number of amides is 1. The van der Waals surface area contributed by atoms with Gasteiger partial charge in [0.25, 0.3) is 0 Å². The van der Waals surface area contributed by atoms with Crippen LogP contribution in [0, 0.1) is 0 Å². The standard InChI is InChI=1S/C20H22Cl2N2O2/c21-18-5-1-13(10-19(18)22)9-17-16-11-15(26-8-7-23)4-2-14(16)3-6-20(17)24-12-25/h1-2,4-5,10-12,17,20H,3,6-9,23H2,(H,24,25). The third-order valence-corrected chi connectivity index (χ3v) is 5.57. The summed E-state index contributed by atoms with van der Waals surface area (Å²) >= 11 is 12.2. The lowest BCUT2D eigenvalue weighted by Gasteiger charge is -2.34. The first-order chi connectivity index (χ1) is 12.6. The van der Waals surface area contributed by atoms with E-state index >= 15 is 0 Å². The molecule has 2 aromatic carbocycles. The summed E-state index contributed by atoms with van der Waals surface area (Å²) in [6, 6.07) is 11.9. The molecular weight excluding hydrogens is 371 g/mol. The highest BCUT2D eigenvalue weighted by Gasteiger charge is 2.30. The zero-order valence-electron chi connectivity index (χ0n) is 14.4. The summed E-state index contributed by atoms with van der Waals surface area (Å²) in [4.78, 5) is 11.1. The molecule has 0 spiro atoms. The van der Waals surface area contributed by atoms with Gasteiger partial charge in [-0.3, -0.25) is 4.79 Å². The maximum absolute atomic E-state index is 11.1. The van der Waals surface area contributed by atoms with Gasteiger partial charge < -0.3 is 15.8 Å². The van der Waals surface area contributed by atoms with E-state index in [9.17, 15) is 4.79 Å². The van der Waals surface area contributed by atoms with Crippen molar-refractivity contribution >= 4 is 29.6 Å². The van der Waals surface area contributed by atoms with E-state index in [1.807, 2.05) is 24.3 Å². The number of nitrogens with one attached hydrogen (secondary N) is 1. The molecule has 0 saturated carbocycles. The number of benzene rings is 2. The van der Waals surface area contributed by atoms with Gasteiger partial charge in [0, 0.05) is 18.5 Å². The molecule has 1 aliphatic rings. The van der Waals surface area contributed by atoms with Crippen molar-refractivity contribution in [1.82, 2.24) is 5.32 Å². The van der Waals surface area contributed by atoms with E-state index in [2.05, 4.69) is 17.4 Å². The molecule has 26 heavy (non-hydrogen) atoms. The number of hydrogen-bond donors (Lipinski definition) is 2. The highest BCUT2D eigenvalue weighted by Crippen LogP contribution is 2.37. The Morgan fingerprint density at radius 1 is 1.19 bits per heavy atom. The molecule has 138 valence electrons. The zero-order valence-corrected chi connectivity index (χ0v) is 15.9. The maximum Gasteiger partial charge on any atom is 0.207 e. The van der Waals surface area contributed by atoms with Crippen LogP contribution in [0.3, 0.4) is 0 Å². The van der Waals surface area contributed by atoms with Crippen LogP contribution in [0.4, 0.5) is 0 Å². The van der Waals surface area contributed by atoms with Gasteiger partial charge in [0.05, 0.1) is 10.0 Å². The topological polar surface area (TPSA) is 64.3 Å². The normalized spacial score (nSPS) is 18.9. The molecular formula is C20H22Cl2N2O2. The number of carbonyl (C=O) groups is 1. The number of aryl methyl sites for hydroxylation is 1. The van der Waals surface area contributed by atoms with E-state index < -0.39 is 0 Å². The SMILES string of the molecule is NCCOc1ccc2c(c1)C(Cc1ccc(Cl)c(Cl)c1)C(NC=O)CC2. The zero-order chi connectivity index (χ0) is 18.5. The van der Waals surface area contributed by atoms with Crippen molar-refractivity contribution in [2.75, 3.05) is 13.2 Å². The molecule has 0 heterocycles. The van der Waals surface area contributed by atoms with Crippen LogP contribution in [0.15, 0.2) is 36.4 Å². The van der Waals surface area contributed by atoms with Crippen LogP contribution in [-0.4, -0.2) is 25.6 Å². The molecule has 0 aromatic heterocycles. The van der Waals surface area contributed by atoms with Crippen molar-refractivity contribution in [3.05, 3.63) is 63.1 Å². The van der Waals surface area contributed by atoms with Crippen LogP contribution in [-0.2, 0) is 17.6 Å². The van der Waals surface area contributed by atoms with Gasteiger partial charge in [-0.1, -0.05) is 35.3 Å². The number of rotatable bonds is 7. The lowest BCUT2D eigenvalue weighted by molar-refractivity contribution is -0.110. The van der Waals surface area contributed by atoms with Crippen LogP contribution in [0.2, 0.25) is 10.0 Å². The summed E-state index contributed by atoms with van der Waals surface area (Å²) in [6.07, 6.45) is 3.37. The highest BCUT2D eigenvalue weighted by molar-refractivity contribution is 6.42. The van der Waals surface area contributed by atoms with Crippen molar-refractivity contribution in [2.24, 2.45) is 5.73 Å². The molecule has 0 bridgehead atoms. The van der Waals surface area contributed by atoms with Gasteiger partial charge in [0.2, 0.25) is 6.41 Å². The Morgan fingerprint density at radius 2 is 2.04 bits per heavy atom. The van der Waals surface area contributed by atoms with E-state index in [0.29, 0.717) is 23.2 Å². The lowest BCUT2D eigenvalue weighted by atomic mass is 9.76. The fourth-order valence-electron chi connectivity index (χ4n) is 3.60. The summed E-state index contributed by atoms with van der Waals surface area (Å²) in [5.74, 6) is 0.947. The van der Waals surface area contributed by atoms with Gasteiger partial charge in [0.15, 0.2) is 0 Å². The molecule has 0 radical (unpaired) electrons. The fourth-order valence-corrected chi connectivity index (χ4v) is 3.92. The minimum absolute atomic E-state index is 0.0687. The summed E-state index contributed by atoms with van der Waals surface area (Å²) < 4.78 is 5.70. The summed E-state index contributed by atoms with van der Waals surface area (Å²) in [7, 11) is 0. The van der Waals surface area contributed by atoms with Crippen LogP contribution in [0.25, 0.3) is 0 Å². The predicted octanol–water partition coefficient (Wildman–Crippen LogP) is 3.72. The Kier molecular flexibility index (Phi) is 6.41. The first-order valence-corrected chi connectivity index (χ1v) is 9.47. The molecule has 4 nitrogen and oxygen atoms in total. The van der Waals surface area contributed by atoms with E-state index in [1.54, 1.807) is 0 Å². The Hall–Kier alpha value is -1.75. The number of nitrogens with two attached hydrogens (primary N) is 1. The molecule has 6 heteroatoms. The number of carbonyl (C=O) groups excluding carboxylic acids is 1. The average Bonchev–Trinajstić information content (AvgIpc) is 2.65. The molecule has 2 unspecified atom stereocenters. The predicted molar refractivity (Wildman–Crippen MR) is 105 cm³/mol. The molecule has 3 rings (SSSR count). The molecule has 1 amide bonds. The first-order valence-electron chi connectivity index (χ1n) is 8.71. The van der Waals surface area contributed by atoms with Crippen LogP contribution < -0.4 is 15.8 Å². The third kappa shape index (κ3) is 4.32. The molecule has 0 fully saturated rings. The van der Waals surface area contributed by atoms with Gasteiger partial charge in [0.1, 0.15) is 12.4 Å². The average molecular weight is 393 g/mol. The molecule has 0 saturated heterocycles. The fraction of sp³-hybridized carbons (Fsp3) is 0.350. The second kappa shape index (κ2) is 8.76. The molecule has 2 aromatic rings. The molecule has 0 aliphatic heterocycles. The molecule has 2 atom stereocenters. The maximum atomic E-state index is 11.1. The lowest BCUT2D eigenvalue weighted by Crippen LogP contribution is -2.38. The van der Waals surface area contributed by atoms with Gasteiger partial charge in [-0.25, -0.2) is 0 Å². The Morgan fingerprint density at radius 3 is 2.77 bits per heavy atom. The Bertz CT molecular complexity index is 782. The van der Waals surface area contributed by atoms with Crippen LogP contribution in [0.1, 0.15) is 29.0 Å². The quantitative estimate of drug-likeness (QED) is 0.705. The van der Waals surface area contributed by atoms with Crippen LogP contribution in [0.5, 0.6) is 5.75 Å². The van der Waals surface area contributed by atoms with Crippen LogP contribution >= 0.6 is 23.2 Å². The number of ether oxygens (including phenoxy) is 1. The summed E-state index contributed by atoms with van der Waals surface area (Å²) in [5, 5.41) is 4.07. The minimum atomic E-state index is 0.0687. The van der Waals surface area contributed by atoms with Crippen molar-refractivity contribution in [1.29, 1.82) is 0 Å². The summed E-state index contributed by atoms with van der Waals surface area (Å²) in [6.45, 7) is 0.950. The molecule has 3 N–H and O–H groups in total. The van der Waals surface area contributed by atoms with E-state index in [-0.39, 0.29) is 12.0 Å². The van der Waals surface area contributed by atoms with E-state index in [0.717, 1.165) is 37.0 Å². The number of halogens is 2. The van der Waals surface area contributed by atoms with Crippen molar-refractivity contribution < 1.29 is 9.53 Å². The minimum Gasteiger partial charge on any atom is -0.492 e. The highest BCUT2D eigenvalue weighted by atomic mass is 35.5. The monoisotopic (exact) mass is 392 g/mol. The third-order valence-electron chi connectivity index (χ3n) is 4.84. The molecule has 1 aliphatic carbocycles. The Balaban J connectivity index is 1.93. The van der Waals surface area contributed by atoms with Crippen molar-refractivity contribution in [3.8, 4) is 5.75 Å². The van der Waals surface area contributed by atoms with Crippen molar-refractivity contribution in [2.45, 2.75) is 31.2 Å².